The van der Waals surface area contributed by atoms with Gasteiger partial charge in [-0.3, -0.25) is 4.79 Å². The standard InChI is InChI=1S/C21H33N3O5S/c1-6-23(15-16(2)3)21(25)14-22-19-13-18(7-8-20(19)29-17(4)5)30(26,27)24-9-11-28-12-10-24/h7-8,13,17,22H,2,6,9-12,14-15H2,1,3-5H3. The van der Waals surface area contributed by atoms with Crippen LogP contribution in [0.25, 0.3) is 0 Å². The molecule has 9 heteroatoms. The predicted molar refractivity (Wildman–Crippen MR) is 117 cm³/mol. The molecule has 168 valence electrons. The third-order valence-electron chi connectivity index (χ3n) is 4.55. The molecule has 0 bridgehead atoms. The number of rotatable bonds is 10. The largest absolute Gasteiger partial charge is 0.489 e. The van der Waals surface area contributed by atoms with Crippen LogP contribution in [0.1, 0.15) is 27.7 Å². The number of likely N-dealkylation sites (N-methyl/N-ethyl adjacent to an activating group) is 1. The molecule has 30 heavy (non-hydrogen) atoms. The maximum absolute atomic E-state index is 13.0. The van der Waals surface area contributed by atoms with Crippen molar-refractivity contribution in [1.82, 2.24) is 9.21 Å². The Balaban J connectivity index is 2.25. The highest BCUT2D eigenvalue weighted by molar-refractivity contribution is 7.89. The van der Waals surface area contributed by atoms with E-state index in [9.17, 15) is 13.2 Å². The van der Waals surface area contributed by atoms with Crippen LogP contribution in [0.4, 0.5) is 5.69 Å². The van der Waals surface area contributed by atoms with Crippen molar-refractivity contribution in [2.75, 3.05) is 51.3 Å². The summed E-state index contributed by atoms with van der Waals surface area (Å²) < 4.78 is 38.5. The van der Waals surface area contributed by atoms with Crippen LogP contribution in [0.2, 0.25) is 0 Å². The number of morpholine rings is 1. The van der Waals surface area contributed by atoms with Gasteiger partial charge in [0.05, 0.1) is 36.4 Å². The summed E-state index contributed by atoms with van der Waals surface area (Å²) >= 11 is 0. The number of nitrogens with one attached hydrogen (secondary N) is 1. The molecule has 0 saturated carbocycles. The molecule has 0 aromatic heterocycles. The molecule has 0 unspecified atom stereocenters. The Labute approximate surface area is 179 Å². The Bertz CT molecular complexity index is 848. The summed E-state index contributed by atoms with van der Waals surface area (Å²) in [7, 11) is -3.65. The monoisotopic (exact) mass is 439 g/mol. The molecule has 1 aromatic rings. The number of carbonyl (C=O) groups is 1. The van der Waals surface area contributed by atoms with Gasteiger partial charge in [0, 0.05) is 26.2 Å². The summed E-state index contributed by atoms with van der Waals surface area (Å²) in [6.45, 7) is 13.9. The highest BCUT2D eigenvalue weighted by Crippen LogP contribution is 2.30. The number of ether oxygens (including phenoxy) is 2. The summed E-state index contributed by atoms with van der Waals surface area (Å²) in [5.41, 5.74) is 1.37. The van der Waals surface area contributed by atoms with Crippen molar-refractivity contribution in [2.24, 2.45) is 0 Å². The first-order valence-corrected chi connectivity index (χ1v) is 11.6. The molecule has 0 spiro atoms. The number of hydrogen-bond donors (Lipinski definition) is 1. The number of amides is 1. The molecule has 0 aliphatic carbocycles. The second kappa shape index (κ2) is 10.8. The number of nitrogens with zero attached hydrogens (tertiary/aromatic N) is 2. The van der Waals surface area contributed by atoms with Crippen molar-refractivity contribution in [3.05, 3.63) is 30.4 Å². The van der Waals surface area contributed by atoms with Gasteiger partial charge in [-0.1, -0.05) is 12.2 Å². The molecule has 1 amide bonds. The van der Waals surface area contributed by atoms with Crippen molar-refractivity contribution in [3.8, 4) is 5.75 Å². The molecule has 1 aromatic carbocycles. The summed E-state index contributed by atoms with van der Waals surface area (Å²) in [6, 6.07) is 4.70. The van der Waals surface area contributed by atoms with Crippen LogP contribution in [0.3, 0.4) is 0 Å². The van der Waals surface area contributed by atoms with Crippen LogP contribution in [-0.2, 0) is 19.6 Å². The zero-order valence-corrected chi connectivity index (χ0v) is 19.1. The quantitative estimate of drug-likeness (QED) is 0.563. The van der Waals surface area contributed by atoms with Gasteiger partial charge in [-0.25, -0.2) is 8.42 Å². The fourth-order valence-corrected chi connectivity index (χ4v) is 4.52. The van der Waals surface area contributed by atoms with Crippen LogP contribution in [0.5, 0.6) is 5.75 Å². The lowest BCUT2D eigenvalue weighted by molar-refractivity contribution is -0.128. The lowest BCUT2D eigenvalue weighted by Gasteiger charge is -2.26. The van der Waals surface area contributed by atoms with E-state index in [2.05, 4.69) is 11.9 Å². The summed E-state index contributed by atoms with van der Waals surface area (Å²) in [5, 5.41) is 3.07. The SMILES string of the molecule is C=C(C)CN(CC)C(=O)CNc1cc(S(=O)(=O)N2CCOCC2)ccc1OC(C)C. The second-order valence-corrected chi connectivity index (χ2v) is 9.50. The van der Waals surface area contributed by atoms with E-state index in [1.807, 2.05) is 27.7 Å². The highest BCUT2D eigenvalue weighted by Gasteiger charge is 2.27. The maximum atomic E-state index is 13.0. The molecule has 1 aliphatic heterocycles. The van der Waals surface area contributed by atoms with Crippen molar-refractivity contribution < 1.29 is 22.7 Å². The fraction of sp³-hybridized carbons (Fsp3) is 0.571. The number of hydrogen-bond acceptors (Lipinski definition) is 6. The number of benzene rings is 1. The van der Waals surface area contributed by atoms with E-state index >= 15 is 0 Å². The summed E-state index contributed by atoms with van der Waals surface area (Å²) in [6.07, 6.45) is -0.0986. The van der Waals surface area contributed by atoms with Gasteiger partial charge in [0.25, 0.3) is 0 Å². The van der Waals surface area contributed by atoms with E-state index in [0.29, 0.717) is 50.8 Å². The smallest absolute Gasteiger partial charge is 0.243 e. The highest BCUT2D eigenvalue weighted by atomic mass is 32.2. The van der Waals surface area contributed by atoms with Gasteiger partial charge in [0.2, 0.25) is 15.9 Å². The summed E-state index contributed by atoms with van der Waals surface area (Å²) in [5.74, 6) is 0.402. The van der Waals surface area contributed by atoms with Gasteiger partial charge in [0.1, 0.15) is 5.75 Å². The minimum atomic E-state index is -3.65. The zero-order chi connectivity index (χ0) is 22.3. The van der Waals surface area contributed by atoms with E-state index in [1.54, 1.807) is 11.0 Å². The van der Waals surface area contributed by atoms with Gasteiger partial charge in [-0.05, 0) is 45.9 Å². The third kappa shape index (κ3) is 6.45. The second-order valence-electron chi connectivity index (χ2n) is 7.56. The average Bonchev–Trinajstić information content (AvgIpc) is 2.71. The molecule has 8 nitrogen and oxygen atoms in total. The van der Waals surface area contributed by atoms with E-state index < -0.39 is 10.0 Å². The van der Waals surface area contributed by atoms with Gasteiger partial charge in [-0.2, -0.15) is 4.31 Å². The van der Waals surface area contributed by atoms with E-state index in [-0.39, 0.29) is 23.5 Å². The first-order valence-electron chi connectivity index (χ1n) is 10.2. The topological polar surface area (TPSA) is 88.2 Å². The summed E-state index contributed by atoms with van der Waals surface area (Å²) in [4.78, 5) is 14.4. The van der Waals surface area contributed by atoms with Crippen molar-refractivity contribution >= 4 is 21.6 Å². The Morgan fingerprint density at radius 1 is 1.33 bits per heavy atom. The van der Waals surface area contributed by atoms with Crippen LogP contribution < -0.4 is 10.1 Å². The van der Waals surface area contributed by atoms with Crippen molar-refractivity contribution in [3.63, 3.8) is 0 Å². The zero-order valence-electron chi connectivity index (χ0n) is 18.3. The Morgan fingerprint density at radius 3 is 2.57 bits per heavy atom. The molecule has 1 saturated heterocycles. The van der Waals surface area contributed by atoms with Crippen LogP contribution in [-0.4, -0.2) is 75.6 Å². The normalized spacial score (nSPS) is 15.1. The molecule has 1 fully saturated rings. The fourth-order valence-electron chi connectivity index (χ4n) is 3.09. The van der Waals surface area contributed by atoms with Gasteiger partial charge in [-0.15, -0.1) is 0 Å². The molecule has 1 aliphatic rings. The maximum Gasteiger partial charge on any atom is 0.243 e. The van der Waals surface area contributed by atoms with Gasteiger partial charge >= 0.3 is 0 Å². The first-order chi connectivity index (χ1) is 14.1. The number of anilines is 1. The van der Waals surface area contributed by atoms with Crippen LogP contribution in [0, 0.1) is 0 Å². The van der Waals surface area contributed by atoms with Crippen molar-refractivity contribution in [1.29, 1.82) is 0 Å². The number of sulfonamides is 1. The van der Waals surface area contributed by atoms with E-state index in [1.165, 1.54) is 16.4 Å². The van der Waals surface area contributed by atoms with Crippen molar-refractivity contribution in [2.45, 2.75) is 38.7 Å². The molecule has 1 heterocycles. The van der Waals surface area contributed by atoms with Crippen LogP contribution >= 0.6 is 0 Å². The number of carbonyl (C=O) groups excluding carboxylic acids is 1. The van der Waals surface area contributed by atoms with Gasteiger partial charge < -0.3 is 19.7 Å². The minimum absolute atomic E-state index is 0.0244. The van der Waals surface area contributed by atoms with E-state index in [0.717, 1.165) is 5.57 Å². The molecule has 2 rings (SSSR count). The predicted octanol–water partition coefficient (Wildman–Crippen LogP) is 2.33. The Kier molecular flexibility index (Phi) is 8.69. The van der Waals surface area contributed by atoms with E-state index in [4.69, 9.17) is 9.47 Å². The lowest BCUT2D eigenvalue weighted by Crippen LogP contribution is -2.40. The molecular weight excluding hydrogens is 406 g/mol. The molecule has 0 atom stereocenters. The molecule has 1 N–H and O–H groups in total. The Hall–Kier alpha value is -2.10. The lowest BCUT2D eigenvalue weighted by atomic mass is 10.2. The molecular formula is C21H33N3O5S. The third-order valence-corrected chi connectivity index (χ3v) is 6.44. The minimum Gasteiger partial charge on any atom is -0.489 e. The Morgan fingerprint density at radius 2 is 2.00 bits per heavy atom. The van der Waals surface area contributed by atoms with Gasteiger partial charge in [0.15, 0.2) is 0 Å². The average molecular weight is 440 g/mol. The van der Waals surface area contributed by atoms with Crippen LogP contribution in [0.15, 0.2) is 35.2 Å². The first kappa shape index (κ1) is 24.2. The molecule has 0 radical (unpaired) electrons.